The van der Waals surface area contributed by atoms with E-state index in [0.29, 0.717) is 6.42 Å². The zero-order valence-electron chi connectivity index (χ0n) is 11.3. The molecule has 0 fully saturated rings. The number of hydrogen-bond donors (Lipinski definition) is 2. The van der Waals surface area contributed by atoms with E-state index in [2.05, 4.69) is 6.92 Å². The van der Waals surface area contributed by atoms with Crippen molar-refractivity contribution in [1.29, 1.82) is 0 Å². The van der Waals surface area contributed by atoms with Crippen molar-refractivity contribution in [2.45, 2.75) is 77.7 Å². The van der Waals surface area contributed by atoms with Crippen molar-refractivity contribution in [3.05, 3.63) is 0 Å². The zero-order valence-corrected chi connectivity index (χ0v) is 11.3. The van der Waals surface area contributed by atoms with Gasteiger partial charge in [0.05, 0.1) is 12.0 Å². The highest BCUT2D eigenvalue weighted by Gasteiger charge is 2.20. The summed E-state index contributed by atoms with van der Waals surface area (Å²) in [5.41, 5.74) is 0. The van der Waals surface area contributed by atoms with E-state index in [1.54, 1.807) is 6.92 Å². The molecule has 3 heteroatoms. The number of unbranched alkanes of at least 4 members (excludes halogenated alkanes) is 7. The van der Waals surface area contributed by atoms with Crippen molar-refractivity contribution in [3.8, 4) is 0 Å². The van der Waals surface area contributed by atoms with Crippen LogP contribution in [0.15, 0.2) is 0 Å². The largest absolute Gasteiger partial charge is 0.481 e. The maximum absolute atomic E-state index is 10.6. The summed E-state index contributed by atoms with van der Waals surface area (Å²) in [6.45, 7) is 3.78. The smallest absolute Gasteiger partial charge is 0.308 e. The molecule has 3 nitrogen and oxygen atoms in total. The van der Waals surface area contributed by atoms with E-state index in [0.717, 1.165) is 12.8 Å². The first-order chi connectivity index (χ1) is 8.09. The van der Waals surface area contributed by atoms with Crippen LogP contribution in [-0.4, -0.2) is 22.3 Å². The molecule has 0 aromatic heterocycles. The predicted molar refractivity (Wildman–Crippen MR) is 70.0 cm³/mol. The first kappa shape index (κ1) is 16.4. The first-order valence-corrected chi connectivity index (χ1v) is 7.00. The average molecular weight is 244 g/mol. The number of carbonyl (C=O) groups is 1. The molecule has 0 spiro atoms. The Morgan fingerprint density at radius 3 is 1.94 bits per heavy atom. The number of carboxylic acid groups (broad SMARTS) is 1. The van der Waals surface area contributed by atoms with Gasteiger partial charge in [0.15, 0.2) is 0 Å². The second-order valence-electron chi connectivity index (χ2n) is 4.96. The fraction of sp³-hybridized carbons (Fsp3) is 0.929. The van der Waals surface area contributed by atoms with Gasteiger partial charge >= 0.3 is 5.97 Å². The number of aliphatic hydroxyl groups excluding tert-OH is 1. The van der Waals surface area contributed by atoms with Crippen molar-refractivity contribution < 1.29 is 15.0 Å². The maximum atomic E-state index is 10.6. The lowest BCUT2D eigenvalue weighted by Gasteiger charge is -2.14. The van der Waals surface area contributed by atoms with Crippen LogP contribution < -0.4 is 0 Å². The highest BCUT2D eigenvalue weighted by atomic mass is 16.4. The number of rotatable bonds is 11. The van der Waals surface area contributed by atoms with Gasteiger partial charge in [0.1, 0.15) is 0 Å². The fourth-order valence-electron chi connectivity index (χ4n) is 1.90. The monoisotopic (exact) mass is 244 g/mol. The van der Waals surface area contributed by atoms with Crippen LogP contribution in [0.25, 0.3) is 0 Å². The van der Waals surface area contributed by atoms with Crippen LogP contribution in [0.4, 0.5) is 0 Å². The van der Waals surface area contributed by atoms with Crippen LogP contribution in [0.3, 0.4) is 0 Å². The van der Waals surface area contributed by atoms with Crippen LogP contribution in [-0.2, 0) is 4.79 Å². The van der Waals surface area contributed by atoms with Gasteiger partial charge in [-0.3, -0.25) is 4.79 Å². The van der Waals surface area contributed by atoms with Crippen molar-refractivity contribution in [2.75, 3.05) is 0 Å². The van der Waals surface area contributed by atoms with Gasteiger partial charge in [-0.05, 0) is 13.3 Å². The molecular formula is C14H28O3. The van der Waals surface area contributed by atoms with Gasteiger partial charge in [0, 0.05) is 0 Å². The Morgan fingerprint density at radius 2 is 1.47 bits per heavy atom. The van der Waals surface area contributed by atoms with Crippen molar-refractivity contribution in [2.24, 2.45) is 5.92 Å². The molecule has 2 N–H and O–H groups in total. The second-order valence-corrected chi connectivity index (χ2v) is 4.96. The van der Waals surface area contributed by atoms with Gasteiger partial charge in [-0.2, -0.15) is 0 Å². The first-order valence-electron chi connectivity index (χ1n) is 7.00. The number of carboxylic acids is 1. The fourth-order valence-corrected chi connectivity index (χ4v) is 1.90. The Kier molecular flexibility index (Phi) is 10.2. The van der Waals surface area contributed by atoms with Gasteiger partial charge in [0.2, 0.25) is 0 Å². The van der Waals surface area contributed by atoms with Crippen molar-refractivity contribution in [3.63, 3.8) is 0 Å². The molecule has 0 saturated heterocycles. The predicted octanol–water partition coefficient (Wildman–Crippen LogP) is 3.60. The molecule has 0 aliphatic rings. The Morgan fingerprint density at radius 1 is 1.00 bits per heavy atom. The standard InChI is InChI=1S/C14H28O3/c1-3-4-5-6-7-8-9-10-11-13(15)12(2)14(16)17/h12-13,15H,3-11H2,1-2H3,(H,16,17). The highest BCUT2D eigenvalue weighted by molar-refractivity contribution is 5.70. The lowest BCUT2D eigenvalue weighted by atomic mass is 9.98. The van der Waals surface area contributed by atoms with E-state index in [4.69, 9.17) is 5.11 Å². The average Bonchev–Trinajstić information content (AvgIpc) is 2.31. The molecular weight excluding hydrogens is 216 g/mol. The van der Waals surface area contributed by atoms with E-state index < -0.39 is 18.0 Å². The second kappa shape index (κ2) is 10.6. The van der Waals surface area contributed by atoms with Gasteiger partial charge in [-0.25, -0.2) is 0 Å². The normalized spacial score (nSPS) is 14.5. The molecule has 0 aliphatic heterocycles. The lowest BCUT2D eigenvalue weighted by Crippen LogP contribution is -2.25. The molecule has 0 aromatic carbocycles. The van der Waals surface area contributed by atoms with Gasteiger partial charge in [-0.1, -0.05) is 58.3 Å². The molecule has 0 rings (SSSR count). The van der Waals surface area contributed by atoms with E-state index >= 15 is 0 Å². The molecule has 0 amide bonds. The molecule has 102 valence electrons. The SMILES string of the molecule is CCCCCCCCCCC(O)C(C)C(=O)O. The summed E-state index contributed by atoms with van der Waals surface area (Å²) in [5.74, 6) is -1.54. The molecule has 0 saturated carbocycles. The van der Waals surface area contributed by atoms with Gasteiger partial charge in [0.25, 0.3) is 0 Å². The molecule has 0 aromatic rings. The Labute approximate surface area is 105 Å². The molecule has 2 unspecified atom stereocenters. The Hall–Kier alpha value is -0.570. The minimum absolute atomic E-state index is 0.614. The third-order valence-corrected chi connectivity index (χ3v) is 3.32. The van der Waals surface area contributed by atoms with E-state index in [1.807, 2.05) is 0 Å². The van der Waals surface area contributed by atoms with Gasteiger partial charge in [-0.15, -0.1) is 0 Å². The molecule has 0 radical (unpaired) electrons. The summed E-state index contributed by atoms with van der Waals surface area (Å²) < 4.78 is 0. The quantitative estimate of drug-likeness (QED) is 0.546. The Bertz CT molecular complexity index is 192. The van der Waals surface area contributed by atoms with E-state index in [1.165, 1.54) is 38.5 Å². The summed E-state index contributed by atoms with van der Waals surface area (Å²) in [6.07, 6.45) is 9.69. The van der Waals surface area contributed by atoms with Gasteiger partial charge < -0.3 is 10.2 Å². The third kappa shape index (κ3) is 9.16. The lowest BCUT2D eigenvalue weighted by molar-refractivity contribution is -0.144. The third-order valence-electron chi connectivity index (χ3n) is 3.32. The number of aliphatic carboxylic acids is 1. The van der Waals surface area contributed by atoms with Crippen molar-refractivity contribution >= 4 is 5.97 Å². The van der Waals surface area contributed by atoms with Crippen LogP contribution in [0.5, 0.6) is 0 Å². The van der Waals surface area contributed by atoms with Crippen molar-refractivity contribution in [1.82, 2.24) is 0 Å². The summed E-state index contributed by atoms with van der Waals surface area (Å²) in [5, 5.41) is 18.3. The van der Waals surface area contributed by atoms with Crippen LogP contribution in [0.1, 0.15) is 71.6 Å². The molecule has 17 heavy (non-hydrogen) atoms. The molecule has 0 heterocycles. The summed E-state index contributed by atoms with van der Waals surface area (Å²) in [4.78, 5) is 10.6. The number of aliphatic hydroxyl groups is 1. The molecule has 0 bridgehead atoms. The highest BCUT2D eigenvalue weighted by Crippen LogP contribution is 2.14. The molecule has 2 atom stereocenters. The topological polar surface area (TPSA) is 57.5 Å². The Balaban J connectivity index is 3.30. The number of hydrogen-bond acceptors (Lipinski definition) is 2. The maximum Gasteiger partial charge on any atom is 0.308 e. The van der Waals surface area contributed by atoms with Crippen LogP contribution >= 0.6 is 0 Å². The zero-order chi connectivity index (χ0) is 13.1. The summed E-state index contributed by atoms with van der Waals surface area (Å²) >= 11 is 0. The summed E-state index contributed by atoms with van der Waals surface area (Å²) in [7, 11) is 0. The van der Waals surface area contributed by atoms with Crippen LogP contribution in [0, 0.1) is 5.92 Å². The minimum atomic E-state index is -0.905. The minimum Gasteiger partial charge on any atom is -0.481 e. The van der Waals surface area contributed by atoms with E-state index in [9.17, 15) is 9.90 Å². The summed E-state index contributed by atoms with van der Waals surface area (Å²) in [6, 6.07) is 0. The van der Waals surface area contributed by atoms with E-state index in [-0.39, 0.29) is 0 Å². The van der Waals surface area contributed by atoms with Crippen LogP contribution in [0.2, 0.25) is 0 Å². The molecule has 0 aliphatic carbocycles.